The minimum Gasteiger partial charge on any atom is -0.325 e. The van der Waals surface area contributed by atoms with Gasteiger partial charge >= 0.3 is 0 Å². The van der Waals surface area contributed by atoms with E-state index >= 15 is 0 Å². The minimum atomic E-state index is -3.69. The summed E-state index contributed by atoms with van der Waals surface area (Å²) < 4.78 is 26.6. The summed E-state index contributed by atoms with van der Waals surface area (Å²) in [6.45, 7) is 1.68. The molecule has 17 heavy (non-hydrogen) atoms. The molecule has 0 aliphatic carbocycles. The third-order valence-electron chi connectivity index (χ3n) is 2.08. The normalized spacial score (nSPS) is 11.6. The zero-order valence-electron chi connectivity index (χ0n) is 8.97. The fourth-order valence-electron chi connectivity index (χ4n) is 1.40. The van der Waals surface area contributed by atoms with Crippen molar-refractivity contribution in [2.45, 2.75) is 18.4 Å². The molecule has 2 rings (SSSR count). The molecule has 0 aliphatic heterocycles. The number of hydrogen-bond acceptors (Lipinski definition) is 6. The third kappa shape index (κ3) is 2.30. The second-order valence-electron chi connectivity index (χ2n) is 3.27. The molecule has 0 radical (unpaired) electrons. The molecule has 0 unspecified atom stereocenters. The van der Waals surface area contributed by atoms with Crippen LogP contribution in [0.25, 0.3) is 0 Å². The van der Waals surface area contributed by atoms with Crippen molar-refractivity contribution < 1.29 is 8.42 Å². The Bertz CT molecular complexity index is 602. The van der Waals surface area contributed by atoms with E-state index < -0.39 is 10.0 Å². The van der Waals surface area contributed by atoms with E-state index in [-0.39, 0.29) is 11.4 Å². The molecule has 0 aliphatic rings. The molecule has 0 atom stereocenters. The molecule has 0 saturated carbocycles. The Hall–Kier alpha value is -1.45. The highest BCUT2D eigenvalue weighted by Crippen LogP contribution is 2.21. The molecular formula is C8H11N5O2S2. The summed E-state index contributed by atoms with van der Waals surface area (Å²) in [6.07, 6.45) is 1.52. The predicted molar refractivity (Wildman–Crippen MR) is 64.1 cm³/mol. The van der Waals surface area contributed by atoms with Crippen LogP contribution in [0.3, 0.4) is 0 Å². The minimum absolute atomic E-state index is 0.0540. The summed E-state index contributed by atoms with van der Waals surface area (Å²) in [5, 5.41) is 8.45. The summed E-state index contributed by atoms with van der Waals surface area (Å²) in [5.74, 6) is 0. The number of hydrogen-bond donors (Lipinski definition) is 3. The van der Waals surface area contributed by atoms with Gasteiger partial charge in [0, 0.05) is 18.1 Å². The van der Waals surface area contributed by atoms with Gasteiger partial charge in [0.25, 0.3) is 10.0 Å². The molecule has 2 aromatic rings. The van der Waals surface area contributed by atoms with Crippen molar-refractivity contribution in [3.8, 4) is 0 Å². The van der Waals surface area contributed by atoms with E-state index in [1.54, 1.807) is 12.3 Å². The summed E-state index contributed by atoms with van der Waals surface area (Å²) in [6, 6.07) is 0. The van der Waals surface area contributed by atoms with Gasteiger partial charge in [0.15, 0.2) is 5.13 Å². The van der Waals surface area contributed by atoms with Gasteiger partial charge in [-0.2, -0.15) is 5.10 Å². The number of anilines is 1. The molecule has 2 heterocycles. The number of aromatic amines is 1. The number of sulfonamides is 1. The molecule has 0 saturated heterocycles. The van der Waals surface area contributed by atoms with Gasteiger partial charge in [-0.3, -0.25) is 9.82 Å². The van der Waals surface area contributed by atoms with Gasteiger partial charge in [0.2, 0.25) is 0 Å². The third-order valence-corrected chi connectivity index (χ3v) is 4.44. The molecule has 4 N–H and O–H groups in total. The summed E-state index contributed by atoms with van der Waals surface area (Å²) >= 11 is 1.20. The van der Waals surface area contributed by atoms with E-state index in [1.807, 2.05) is 0 Å². The highest BCUT2D eigenvalue weighted by atomic mass is 32.2. The van der Waals surface area contributed by atoms with Gasteiger partial charge in [-0.25, -0.2) is 13.4 Å². The Balaban J connectivity index is 2.41. The Morgan fingerprint density at radius 1 is 1.59 bits per heavy atom. The zero-order valence-corrected chi connectivity index (χ0v) is 10.6. The maximum atomic E-state index is 12.1. The van der Waals surface area contributed by atoms with E-state index in [4.69, 9.17) is 5.73 Å². The van der Waals surface area contributed by atoms with E-state index in [0.717, 1.165) is 0 Å². The SMILES string of the molecule is Cc1[nH]nc(CN)c1S(=O)(=O)Nc1nccs1. The maximum Gasteiger partial charge on any atom is 0.267 e. The second kappa shape index (κ2) is 4.43. The monoisotopic (exact) mass is 273 g/mol. The lowest BCUT2D eigenvalue weighted by Crippen LogP contribution is -2.16. The lowest BCUT2D eigenvalue weighted by molar-refractivity contribution is 0.599. The molecule has 7 nitrogen and oxygen atoms in total. The van der Waals surface area contributed by atoms with Crippen molar-refractivity contribution >= 4 is 26.5 Å². The Morgan fingerprint density at radius 2 is 2.35 bits per heavy atom. The van der Waals surface area contributed by atoms with E-state index in [1.165, 1.54) is 17.5 Å². The predicted octanol–water partition coefficient (Wildman–Crippen LogP) is 0.434. The first-order valence-electron chi connectivity index (χ1n) is 4.71. The van der Waals surface area contributed by atoms with Crippen LogP contribution in [0, 0.1) is 6.92 Å². The van der Waals surface area contributed by atoms with Gasteiger partial charge in [0.1, 0.15) is 4.90 Å². The maximum absolute atomic E-state index is 12.1. The lowest BCUT2D eigenvalue weighted by atomic mass is 10.4. The van der Waals surface area contributed by atoms with Crippen LogP contribution in [0.5, 0.6) is 0 Å². The fraction of sp³-hybridized carbons (Fsp3) is 0.250. The van der Waals surface area contributed by atoms with Crippen molar-refractivity contribution in [2.75, 3.05) is 4.72 Å². The number of aromatic nitrogens is 3. The van der Waals surface area contributed by atoms with Crippen LogP contribution in [-0.4, -0.2) is 23.6 Å². The number of H-pyrrole nitrogens is 1. The van der Waals surface area contributed by atoms with Crippen LogP contribution < -0.4 is 10.5 Å². The quantitative estimate of drug-likeness (QED) is 0.747. The molecule has 9 heteroatoms. The average molecular weight is 273 g/mol. The van der Waals surface area contributed by atoms with Crippen LogP contribution in [0.2, 0.25) is 0 Å². The first-order chi connectivity index (χ1) is 8.04. The Kier molecular flexibility index (Phi) is 3.13. The number of nitrogens with two attached hydrogens (primary N) is 1. The van der Waals surface area contributed by atoms with Crippen LogP contribution in [0.15, 0.2) is 16.5 Å². The van der Waals surface area contributed by atoms with Gasteiger partial charge in [0.05, 0.1) is 11.4 Å². The van der Waals surface area contributed by atoms with Gasteiger partial charge in [-0.05, 0) is 6.92 Å². The highest BCUT2D eigenvalue weighted by molar-refractivity contribution is 7.93. The number of aryl methyl sites for hydroxylation is 1. The van der Waals surface area contributed by atoms with Crippen molar-refractivity contribution in [3.05, 3.63) is 23.0 Å². The van der Waals surface area contributed by atoms with Crippen LogP contribution in [0.4, 0.5) is 5.13 Å². The Labute approximate surface area is 102 Å². The topological polar surface area (TPSA) is 114 Å². The van der Waals surface area contributed by atoms with Crippen molar-refractivity contribution in [2.24, 2.45) is 5.73 Å². The van der Waals surface area contributed by atoms with Crippen molar-refractivity contribution in [1.29, 1.82) is 0 Å². The molecule has 0 fully saturated rings. The molecular weight excluding hydrogens is 262 g/mol. The molecule has 0 spiro atoms. The number of nitrogens with one attached hydrogen (secondary N) is 2. The molecule has 0 amide bonds. The fourth-order valence-corrected chi connectivity index (χ4v) is 3.57. The first-order valence-corrected chi connectivity index (χ1v) is 7.07. The summed E-state index contributed by atoms with van der Waals surface area (Å²) in [5.41, 5.74) is 6.21. The van der Waals surface area contributed by atoms with Gasteiger partial charge in [-0.15, -0.1) is 11.3 Å². The van der Waals surface area contributed by atoms with E-state index in [0.29, 0.717) is 16.5 Å². The van der Waals surface area contributed by atoms with E-state index in [2.05, 4.69) is 19.9 Å². The highest BCUT2D eigenvalue weighted by Gasteiger charge is 2.24. The standard InChI is InChI=1S/C8H11N5O2S2/c1-5-7(6(4-9)12-11-5)17(14,15)13-8-10-2-3-16-8/h2-3H,4,9H2,1H3,(H,10,13)(H,11,12). The van der Waals surface area contributed by atoms with Gasteiger partial charge < -0.3 is 5.73 Å². The zero-order chi connectivity index (χ0) is 12.5. The molecule has 2 aromatic heterocycles. The smallest absolute Gasteiger partial charge is 0.267 e. The average Bonchev–Trinajstić information content (AvgIpc) is 2.86. The largest absolute Gasteiger partial charge is 0.325 e. The summed E-state index contributed by atoms with van der Waals surface area (Å²) in [7, 11) is -3.69. The Morgan fingerprint density at radius 3 is 2.94 bits per heavy atom. The van der Waals surface area contributed by atoms with Crippen molar-refractivity contribution in [1.82, 2.24) is 15.2 Å². The van der Waals surface area contributed by atoms with E-state index in [9.17, 15) is 8.42 Å². The second-order valence-corrected chi connectivity index (χ2v) is 5.79. The molecule has 92 valence electrons. The van der Waals surface area contributed by atoms with Crippen LogP contribution >= 0.6 is 11.3 Å². The first kappa shape index (κ1) is 12.0. The lowest BCUT2D eigenvalue weighted by Gasteiger charge is -2.05. The summed E-state index contributed by atoms with van der Waals surface area (Å²) in [4.78, 5) is 3.96. The van der Waals surface area contributed by atoms with Crippen LogP contribution in [-0.2, 0) is 16.6 Å². The number of thiazole rings is 1. The van der Waals surface area contributed by atoms with Crippen molar-refractivity contribution in [3.63, 3.8) is 0 Å². The molecule has 0 bridgehead atoms. The van der Waals surface area contributed by atoms with Gasteiger partial charge in [-0.1, -0.05) is 0 Å². The number of rotatable bonds is 4. The van der Waals surface area contributed by atoms with Crippen LogP contribution in [0.1, 0.15) is 11.4 Å². The number of nitrogens with zero attached hydrogens (tertiary/aromatic N) is 2. The molecule has 0 aromatic carbocycles.